The van der Waals surface area contributed by atoms with Crippen molar-refractivity contribution in [1.82, 2.24) is 15.1 Å². The SMILES string of the molecule is CC(NC(O)c1c(Cc2cccc(C(F)(F)F)c2)nn(C)c1C(F)(F)F)c1ccc(C(=O)O)cc1F. The number of aryl methyl sites for hydroxylation is 1. The number of aromatic nitrogens is 2. The molecule has 0 bridgehead atoms. The van der Waals surface area contributed by atoms with Crippen LogP contribution in [0.1, 0.15) is 63.2 Å². The van der Waals surface area contributed by atoms with Gasteiger partial charge < -0.3 is 10.2 Å². The van der Waals surface area contributed by atoms with Crippen LogP contribution in [0.3, 0.4) is 0 Å². The molecule has 0 aliphatic heterocycles. The number of rotatable bonds is 7. The third-order valence-corrected chi connectivity index (χ3v) is 5.45. The van der Waals surface area contributed by atoms with Crippen molar-refractivity contribution in [3.63, 3.8) is 0 Å². The van der Waals surface area contributed by atoms with Gasteiger partial charge in [0, 0.05) is 30.6 Å². The molecule has 1 heterocycles. The molecule has 0 spiro atoms. The molecule has 1 aromatic heterocycles. The number of nitrogens with one attached hydrogen (secondary N) is 1. The Bertz CT molecular complexity index is 1270. The number of carboxylic acid groups (broad SMARTS) is 1. The highest BCUT2D eigenvalue weighted by Crippen LogP contribution is 2.37. The smallest absolute Gasteiger partial charge is 0.433 e. The van der Waals surface area contributed by atoms with E-state index < -0.39 is 59.7 Å². The predicted molar refractivity (Wildman–Crippen MR) is 112 cm³/mol. The third kappa shape index (κ3) is 5.85. The Morgan fingerprint density at radius 3 is 2.31 bits per heavy atom. The monoisotopic (exact) mass is 519 g/mol. The fraction of sp³-hybridized carbons (Fsp3) is 0.304. The van der Waals surface area contributed by atoms with E-state index in [0.717, 1.165) is 43.4 Å². The fourth-order valence-corrected chi connectivity index (χ4v) is 3.82. The van der Waals surface area contributed by atoms with Gasteiger partial charge in [-0.3, -0.25) is 10.00 Å². The third-order valence-electron chi connectivity index (χ3n) is 5.45. The fourth-order valence-electron chi connectivity index (χ4n) is 3.82. The van der Waals surface area contributed by atoms with E-state index in [9.17, 15) is 40.6 Å². The van der Waals surface area contributed by atoms with E-state index in [-0.39, 0.29) is 22.4 Å². The summed E-state index contributed by atoms with van der Waals surface area (Å²) in [4.78, 5) is 11.0. The minimum atomic E-state index is -4.98. The highest BCUT2D eigenvalue weighted by Gasteiger charge is 2.41. The first-order chi connectivity index (χ1) is 16.6. The Kier molecular flexibility index (Phi) is 7.46. The van der Waals surface area contributed by atoms with Crippen LogP contribution in [0, 0.1) is 5.82 Å². The highest BCUT2D eigenvalue weighted by molar-refractivity contribution is 5.87. The molecule has 0 saturated carbocycles. The Labute approximate surface area is 200 Å². The van der Waals surface area contributed by atoms with Gasteiger partial charge in [-0.2, -0.15) is 31.4 Å². The maximum absolute atomic E-state index is 14.4. The molecule has 3 aromatic rings. The second kappa shape index (κ2) is 9.90. The molecule has 3 N–H and O–H groups in total. The molecule has 0 saturated heterocycles. The van der Waals surface area contributed by atoms with Crippen molar-refractivity contribution in [1.29, 1.82) is 0 Å². The summed E-state index contributed by atoms with van der Waals surface area (Å²) in [7, 11) is 0.975. The number of aliphatic hydroxyl groups excluding tert-OH is 1. The minimum absolute atomic E-state index is 0.00783. The maximum Gasteiger partial charge on any atom is 0.433 e. The number of hydrogen-bond donors (Lipinski definition) is 3. The summed E-state index contributed by atoms with van der Waals surface area (Å²) in [5.41, 5.74) is -3.86. The molecule has 36 heavy (non-hydrogen) atoms. The average molecular weight is 519 g/mol. The molecule has 2 aromatic carbocycles. The van der Waals surface area contributed by atoms with Crippen LogP contribution in [0.2, 0.25) is 0 Å². The number of hydrogen-bond acceptors (Lipinski definition) is 4. The number of halogens is 7. The average Bonchev–Trinajstić information content (AvgIpc) is 3.09. The number of aliphatic hydroxyl groups is 1. The van der Waals surface area contributed by atoms with E-state index in [1.807, 2.05) is 0 Å². The van der Waals surface area contributed by atoms with Crippen LogP contribution < -0.4 is 5.32 Å². The van der Waals surface area contributed by atoms with Crippen LogP contribution in [0.5, 0.6) is 0 Å². The van der Waals surface area contributed by atoms with Gasteiger partial charge >= 0.3 is 18.3 Å². The lowest BCUT2D eigenvalue weighted by atomic mass is 10.0. The van der Waals surface area contributed by atoms with Crippen LogP contribution in [0.25, 0.3) is 0 Å². The molecule has 2 atom stereocenters. The van der Waals surface area contributed by atoms with Gasteiger partial charge in [-0.15, -0.1) is 0 Å². The zero-order valence-electron chi connectivity index (χ0n) is 18.7. The maximum atomic E-state index is 14.4. The molecule has 0 aliphatic rings. The first kappa shape index (κ1) is 27.1. The van der Waals surface area contributed by atoms with Gasteiger partial charge in [0.1, 0.15) is 17.7 Å². The zero-order chi connectivity index (χ0) is 27.0. The molecule has 194 valence electrons. The number of carboxylic acids is 1. The lowest BCUT2D eigenvalue weighted by Gasteiger charge is -2.22. The Morgan fingerprint density at radius 1 is 1.08 bits per heavy atom. The van der Waals surface area contributed by atoms with Gasteiger partial charge in [0.05, 0.1) is 16.8 Å². The second-order valence-electron chi connectivity index (χ2n) is 8.04. The van der Waals surface area contributed by atoms with E-state index in [4.69, 9.17) is 5.11 Å². The lowest BCUT2D eigenvalue weighted by molar-refractivity contribution is -0.145. The Morgan fingerprint density at radius 2 is 1.75 bits per heavy atom. The van der Waals surface area contributed by atoms with Gasteiger partial charge in [-0.1, -0.05) is 24.3 Å². The van der Waals surface area contributed by atoms with Crippen molar-refractivity contribution in [3.05, 3.63) is 87.5 Å². The van der Waals surface area contributed by atoms with E-state index in [1.165, 1.54) is 13.0 Å². The Balaban J connectivity index is 1.99. The topological polar surface area (TPSA) is 87.4 Å². The summed E-state index contributed by atoms with van der Waals surface area (Å²) >= 11 is 0. The van der Waals surface area contributed by atoms with Crippen molar-refractivity contribution in [2.75, 3.05) is 0 Å². The quantitative estimate of drug-likeness (QED) is 0.294. The van der Waals surface area contributed by atoms with Crippen molar-refractivity contribution < 1.29 is 45.7 Å². The summed E-state index contributed by atoms with van der Waals surface area (Å²) < 4.78 is 95.5. The second-order valence-corrected chi connectivity index (χ2v) is 8.04. The normalized spacial score (nSPS) is 14.1. The number of nitrogens with zero attached hydrogens (tertiary/aromatic N) is 2. The number of benzene rings is 2. The van der Waals surface area contributed by atoms with Crippen LogP contribution in [0.15, 0.2) is 42.5 Å². The molecular weight excluding hydrogens is 499 g/mol. The van der Waals surface area contributed by atoms with E-state index in [1.54, 1.807) is 0 Å². The van der Waals surface area contributed by atoms with Crippen LogP contribution >= 0.6 is 0 Å². The van der Waals surface area contributed by atoms with Gasteiger partial charge in [0.2, 0.25) is 0 Å². The summed E-state index contributed by atoms with van der Waals surface area (Å²) in [6, 6.07) is 5.81. The molecule has 0 radical (unpaired) electrons. The largest absolute Gasteiger partial charge is 0.478 e. The molecule has 0 aliphatic carbocycles. The molecule has 2 unspecified atom stereocenters. The molecular formula is C23H20F7N3O3. The first-order valence-electron chi connectivity index (χ1n) is 10.4. The van der Waals surface area contributed by atoms with Crippen molar-refractivity contribution in [2.24, 2.45) is 7.05 Å². The summed E-state index contributed by atoms with van der Waals surface area (Å²) in [6.07, 6.45) is -12.2. The molecule has 13 heteroatoms. The summed E-state index contributed by atoms with van der Waals surface area (Å²) in [5, 5.41) is 25.9. The Hall–Kier alpha value is -3.45. The molecule has 0 fully saturated rings. The zero-order valence-corrected chi connectivity index (χ0v) is 18.7. The van der Waals surface area contributed by atoms with Gasteiger partial charge in [0.15, 0.2) is 0 Å². The van der Waals surface area contributed by atoms with Gasteiger partial charge in [0.25, 0.3) is 0 Å². The van der Waals surface area contributed by atoms with E-state index >= 15 is 0 Å². The minimum Gasteiger partial charge on any atom is -0.478 e. The first-order valence-corrected chi connectivity index (χ1v) is 10.4. The van der Waals surface area contributed by atoms with Crippen molar-refractivity contribution in [3.8, 4) is 0 Å². The predicted octanol–water partition coefficient (Wildman–Crippen LogP) is 5.23. The van der Waals surface area contributed by atoms with Gasteiger partial charge in [-0.05, 0) is 30.7 Å². The molecule has 0 amide bonds. The molecule has 6 nitrogen and oxygen atoms in total. The van der Waals surface area contributed by atoms with Crippen molar-refractivity contribution >= 4 is 5.97 Å². The van der Waals surface area contributed by atoms with E-state index in [0.29, 0.717) is 4.68 Å². The number of carbonyl (C=O) groups is 1. The van der Waals surface area contributed by atoms with Crippen LogP contribution in [-0.4, -0.2) is 26.0 Å². The van der Waals surface area contributed by atoms with Crippen molar-refractivity contribution in [2.45, 2.75) is 38.0 Å². The lowest BCUT2D eigenvalue weighted by Crippen LogP contribution is -2.28. The summed E-state index contributed by atoms with van der Waals surface area (Å²) in [5.74, 6) is -2.35. The van der Waals surface area contributed by atoms with E-state index in [2.05, 4.69) is 10.4 Å². The standard InChI is InChI=1S/C23H20F7N3O3/c1-11(15-7-6-13(21(35)36)10-16(15)24)31-20(34)18-17(32-33(2)19(18)23(28,29)30)9-12-4-3-5-14(8-12)22(25,26)27/h3-8,10-11,20,31,34H,9H2,1-2H3,(H,35,36). The van der Waals surface area contributed by atoms with Gasteiger partial charge in [-0.25, -0.2) is 9.18 Å². The van der Waals surface area contributed by atoms with Crippen LogP contribution in [0.4, 0.5) is 30.7 Å². The molecule has 3 rings (SSSR count). The number of alkyl halides is 6. The van der Waals surface area contributed by atoms with Crippen LogP contribution in [-0.2, 0) is 25.8 Å². The number of aromatic carboxylic acids is 1. The highest BCUT2D eigenvalue weighted by atomic mass is 19.4. The summed E-state index contributed by atoms with van der Waals surface area (Å²) in [6.45, 7) is 1.33.